The number of hydrogen-bond acceptors (Lipinski definition) is 5. The smallest absolute Gasteiger partial charge is 0.262 e. The number of imide groups is 1. The van der Waals surface area contributed by atoms with Crippen LogP contribution in [0, 0.1) is 0 Å². The minimum absolute atomic E-state index is 0.0222. The molecule has 28 heavy (non-hydrogen) atoms. The van der Waals surface area contributed by atoms with Gasteiger partial charge >= 0.3 is 0 Å². The standard InChI is InChI=1S/C20H14N4O4/c21-17-16-14(19(27)23-20(16)28)10-15(25)24(17)13-8-6-12(7-9-13)22-18(26)11-4-2-1-3-5-11/h1-10H,21H2,(H,22,26)(H,23,27,28). The number of nitrogens with one attached hydrogen (secondary N) is 2. The number of nitrogen functional groups attached to an aromatic ring is 1. The van der Waals surface area contributed by atoms with Crippen molar-refractivity contribution in [3.05, 3.63) is 87.7 Å². The van der Waals surface area contributed by atoms with Crippen LogP contribution in [0.1, 0.15) is 31.1 Å². The molecule has 0 saturated carbocycles. The summed E-state index contributed by atoms with van der Waals surface area (Å²) in [4.78, 5) is 48.3. The van der Waals surface area contributed by atoms with Crippen molar-refractivity contribution in [1.29, 1.82) is 0 Å². The Morgan fingerprint density at radius 1 is 0.929 bits per heavy atom. The average Bonchev–Trinajstić information content (AvgIpc) is 2.97. The summed E-state index contributed by atoms with van der Waals surface area (Å²) in [6.45, 7) is 0. The van der Waals surface area contributed by atoms with E-state index in [0.717, 1.165) is 10.6 Å². The van der Waals surface area contributed by atoms with E-state index in [4.69, 9.17) is 5.73 Å². The van der Waals surface area contributed by atoms with Gasteiger partial charge in [-0.05, 0) is 36.4 Å². The summed E-state index contributed by atoms with van der Waals surface area (Å²) in [5, 5.41) is 4.87. The Morgan fingerprint density at radius 2 is 1.61 bits per heavy atom. The highest BCUT2D eigenvalue weighted by atomic mass is 16.2. The van der Waals surface area contributed by atoms with Crippen LogP contribution in [0.5, 0.6) is 0 Å². The average molecular weight is 374 g/mol. The van der Waals surface area contributed by atoms with Crippen LogP contribution < -0.4 is 21.9 Å². The molecule has 0 spiro atoms. The third-order valence-corrected chi connectivity index (χ3v) is 4.37. The third-order valence-electron chi connectivity index (χ3n) is 4.37. The number of fused-ring (bicyclic) bond motifs is 1. The molecule has 3 amide bonds. The SMILES string of the molecule is Nc1c2c(cc(=O)n1-c1ccc(NC(=O)c3ccccc3)cc1)C(=O)NC2=O. The molecule has 0 atom stereocenters. The van der Waals surface area contributed by atoms with Crippen molar-refractivity contribution in [2.75, 3.05) is 11.1 Å². The van der Waals surface area contributed by atoms with Gasteiger partial charge in [0.2, 0.25) is 0 Å². The lowest BCUT2D eigenvalue weighted by molar-refractivity contribution is 0.0879. The minimum Gasteiger partial charge on any atom is -0.384 e. The first-order valence-electron chi connectivity index (χ1n) is 8.34. The van der Waals surface area contributed by atoms with Crippen LogP contribution in [0.25, 0.3) is 5.69 Å². The lowest BCUT2D eigenvalue weighted by Gasteiger charge is -2.12. The quantitative estimate of drug-likeness (QED) is 0.600. The number of aromatic nitrogens is 1. The molecule has 3 aromatic rings. The number of anilines is 2. The van der Waals surface area contributed by atoms with E-state index in [0.29, 0.717) is 16.9 Å². The van der Waals surface area contributed by atoms with Crippen molar-refractivity contribution in [3.8, 4) is 5.69 Å². The highest BCUT2D eigenvalue weighted by Gasteiger charge is 2.31. The first-order valence-corrected chi connectivity index (χ1v) is 8.34. The molecule has 8 nitrogen and oxygen atoms in total. The normalized spacial score (nSPS) is 12.4. The van der Waals surface area contributed by atoms with Crippen molar-refractivity contribution in [2.45, 2.75) is 0 Å². The number of rotatable bonds is 3. The van der Waals surface area contributed by atoms with E-state index >= 15 is 0 Å². The summed E-state index contributed by atoms with van der Waals surface area (Å²) in [6, 6.07) is 16.2. The Bertz CT molecular complexity index is 1180. The molecule has 0 unspecified atom stereocenters. The molecule has 0 bridgehead atoms. The number of nitrogens with zero attached hydrogens (tertiary/aromatic N) is 1. The largest absolute Gasteiger partial charge is 0.384 e. The fourth-order valence-electron chi connectivity index (χ4n) is 3.03. The Labute approximate surface area is 158 Å². The lowest BCUT2D eigenvalue weighted by Crippen LogP contribution is -2.24. The van der Waals surface area contributed by atoms with Gasteiger partial charge in [-0.2, -0.15) is 0 Å². The lowest BCUT2D eigenvalue weighted by atomic mass is 10.1. The molecule has 1 aliphatic heterocycles. The fraction of sp³-hybridized carbons (Fsp3) is 0. The molecule has 0 aliphatic carbocycles. The first kappa shape index (κ1) is 17.2. The number of nitrogens with two attached hydrogens (primary N) is 1. The van der Waals surface area contributed by atoms with Gasteiger partial charge in [-0.1, -0.05) is 18.2 Å². The van der Waals surface area contributed by atoms with Gasteiger partial charge in [0.1, 0.15) is 5.82 Å². The third kappa shape index (κ3) is 2.82. The van der Waals surface area contributed by atoms with Crippen LogP contribution in [0.4, 0.5) is 11.5 Å². The number of hydrogen-bond donors (Lipinski definition) is 3. The van der Waals surface area contributed by atoms with E-state index in [1.54, 1.807) is 48.5 Å². The molecule has 2 heterocycles. The van der Waals surface area contributed by atoms with Crippen LogP contribution >= 0.6 is 0 Å². The molecule has 0 radical (unpaired) electrons. The Hall–Kier alpha value is -4.20. The summed E-state index contributed by atoms with van der Waals surface area (Å²) in [6.07, 6.45) is 0. The monoisotopic (exact) mass is 374 g/mol. The van der Waals surface area contributed by atoms with Gasteiger partial charge in [0.25, 0.3) is 23.3 Å². The highest BCUT2D eigenvalue weighted by Crippen LogP contribution is 2.23. The molecule has 8 heteroatoms. The molecular weight excluding hydrogens is 360 g/mol. The van der Waals surface area contributed by atoms with Gasteiger partial charge in [0, 0.05) is 17.3 Å². The second kappa shape index (κ2) is 6.51. The summed E-state index contributed by atoms with van der Waals surface area (Å²) in [7, 11) is 0. The van der Waals surface area contributed by atoms with Gasteiger partial charge in [-0.3, -0.25) is 29.1 Å². The number of benzene rings is 2. The van der Waals surface area contributed by atoms with Crippen molar-refractivity contribution in [2.24, 2.45) is 0 Å². The van der Waals surface area contributed by atoms with Crippen LogP contribution in [-0.4, -0.2) is 22.3 Å². The Balaban J connectivity index is 1.66. The number of amides is 3. The maximum Gasteiger partial charge on any atom is 0.262 e. The maximum atomic E-state index is 12.4. The van der Waals surface area contributed by atoms with Crippen molar-refractivity contribution >= 4 is 29.2 Å². The van der Waals surface area contributed by atoms with E-state index in [1.807, 2.05) is 6.07 Å². The van der Waals surface area contributed by atoms with Gasteiger partial charge in [-0.25, -0.2) is 0 Å². The first-order chi connectivity index (χ1) is 13.5. The van der Waals surface area contributed by atoms with Crippen molar-refractivity contribution < 1.29 is 14.4 Å². The van der Waals surface area contributed by atoms with Crippen molar-refractivity contribution in [1.82, 2.24) is 9.88 Å². The highest BCUT2D eigenvalue weighted by molar-refractivity contribution is 6.23. The topological polar surface area (TPSA) is 123 Å². The van der Waals surface area contributed by atoms with Gasteiger partial charge in [0.15, 0.2) is 0 Å². The van der Waals surface area contributed by atoms with Crippen LogP contribution in [0.3, 0.4) is 0 Å². The Kier molecular flexibility index (Phi) is 4.00. The fourth-order valence-corrected chi connectivity index (χ4v) is 3.03. The summed E-state index contributed by atoms with van der Waals surface area (Å²) >= 11 is 0. The van der Waals surface area contributed by atoms with Crippen LogP contribution in [0.2, 0.25) is 0 Å². The molecule has 0 saturated heterocycles. The van der Waals surface area contributed by atoms with E-state index < -0.39 is 17.4 Å². The summed E-state index contributed by atoms with van der Waals surface area (Å²) in [5.41, 5.74) is 6.84. The number of carbonyl (C=O) groups excluding carboxylic acids is 3. The van der Waals surface area contributed by atoms with Gasteiger partial charge < -0.3 is 11.1 Å². The summed E-state index contributed by atoms with van der Waals surface area (Å²) < 4.78 is 1.14. The van der Waals surface area contributed by atoms with Gasteiger partial charge in [-0.15, -0.1) is 0 Å². The van der Waals surface area contributed by atoms with Crippen LogP contribution in [0.15, 0.2) is 65.5 Å². The molecular formula is C20H14N4O4. The molecule has 0 fully saturated rings. The van der Waals surface area contributed by atoms with E-state index in [1.165, 1.54) is 0 Å². The second-order valence-corrected chi connectivity index (χ2v) is 6.14. The number of carbonyl (C=O) groups is 3. The van der Waals surface area contributed by atoms with E-state index in [-0.39, 0.29) is 22.9 Å². The predicted molar refractivity (Wildman–Crippen MR) is 103 cm³/mol. The van der Waals surface area contributed by atoms with Crippen LogP contribution in [-0.2, 0) is 0 Å². The molecule has 1 aliphatic rings. The minimum atomic E-state index is -0.644. The Morgan fingerprint density at radius 3 is 2.29 bits per heavy atom. The molecule has 4 rings (SSSR count). The zero-order valence-corrected chi connectivity index (χ0v) is 14.4. The van der Waals surface area contributed by atoms with Crippen molar-refractivity contribution in [3.63, 3.8) is 0 Å². The molecule has 1 aromatic heterocycles. The second-order valence-electron chi connectivity index (χ2n) is 6.14. The predicted octanol–water partition coefficient (Wildman–Crippen LogP) is 1.56. The van der Waals surface area contributed by atoms with Gasteiger partial charge in [0.05, 0.1) is 16.8 Å². The van der Waals surface area contributed by atoms with E-state index in [9.17, 15) is 19.2 Å². The number of pyridine rings is 1. The summed E-state index contributed by atoms with van der Waals surface area (Å²) in [5.74, 6) is -1.67. The zero-order valence-electron chi connectivity index (χ0n) is 14.4. The maximum absolute atomic E-state index is 12.4. The molecule has 138 valence electrons. The molecule has 4 N–H and O–H groups in total. The molecule has 2 aromatic carbocycles. The van der Waals surface area contributed by atoms with E-state index in [2.05, 4.69) is 10.6 Å². The zero-order chi connectivity index (χ0) is 19.8.